The Morgan fingerprint density at radius 2 is 1.95 bits per heavy atom. The maximum atomic E-state index is 11.9. The van der Waals surface area contributed by atoms with Crippen LogP contribution in [0, 0.1) is 28.6 Å². The number of carbonyl (C=O) groups excluding carboxylic acids is 3. The number of aromatic nitrogens is 2. The minimum atomic E-state index is -4.95. The lowest BCUT2D eigenvalue weighted by molar-refractivity contribution is -0.174. The number of fused-ring (bicyclic) bond motifs is 1. The Balaban J connectivity index is 0.000000327. The Morgan fingerprint density at radius 3 is 2.43 bits per heavy atom. The summed E-state index contributed by atoms with van der Waals surface area (Å²) in [6.07, 6.45) is 0.106. The minimum Gasteiger partial charge on any atom is -0.343 e. The summed E-state index contributed by atoms with van der Waals surface area (Å²) < 4.78 is 37.8. The van der Waals surface area contributed by atoms with Crippen LogP contribution >= 0.6 is 0 Å². The summed E-state index contributed by atoms with van der Waals surface area (Å²) in [6.45, 7) is 13.8. The van der Waals surface area contributed by atoms with Crippen LogP contribution in [-0.2, 0) is 33.8 Å². The van der Waals surface area contributed by atoms with Gasteiger partial charge >= 0.3 is 12.1 Å². The number of halogens is 3. The van der Waals surface area contributed by atoms with Crippen molar-refractivity contribution < 1.29 is 27.6 Å². The molecule has 1 fully saturated rings. The van der Waals surface area contributed by atoms with Crippen LogP contribution in [0.5, 0.6) is 0 Å². The van der Waals surface area contributed by atoms with E-state index in [-0.39, 0.29) is 11.3 Å². The Morgan fingerprint density at radius 1 is 1.32 bits per heavy atom. The fourth-order valence-electron chi connectivity index (χ4n) is 3.79. The Hall–Kier alpha value is -3.10. The Labute approximate surface area is 216 Å². The van der Waals surface area contributed by atoms with E-state index < -0.39 is 30.6 Å². The summed E-state index contributed by atoms with van der Waals surface area (Å²) in [6, 6.07) is 1.61. The zero-order chi connectivity index (χ0) is 28.4. The molecule has 9 nitrogen and oxygen atoms in total. The van der Waals surface area contributed by atoms with E-state index in [9.17, 15) is 27.6 Å². The molecule has 3 rings (SSSR count). The van der Waals surface area contributed by atoms with Gasteiger partial charge in [-0.2, -0.15) is 23.5 Å². The number of nitrogens with zero attached hydrogens (tertiary/aromatic N) is 4. The van der Waals surface area contributed by atoms with Gasteiger partial charge in [0.25, 0.3) is 0 Å². The number of aryl methyl sites for hydroxylation is 1. The SMILES string of the molecule is CC(C)C.C[C@H]1CN(C(=O)CNC(=O)C(F)(F)F)CC1(C)C.N#CC(Cc1cnn2c1CCC2)NC=O. The summed E-state index contributed by atoms with van der Waals surface area (Å²) in [5, 5.41) is 17.1. The topological polar surface area (TPSA) is 120 Å². The van der Waals surface area contributed by atoms with Gasteiger partial charge in [-0.15, -0.1) is 0 Å². The molecule has 2 aliphatic rings. The first-order valence-electron chi connectivity index (χ1n) is 12.4. The highest BCUT2D eigenvalue weighted by molar-refractivity contribution is 5.87. The molecule has 0 radical (unpaired) electrons. The normalized spacial score (nSPS) is 18.4. The Kier molecular flexibility index (Phi) is 12.1. The van der Waals surface area contributed by atoms with Crippen molar-refractivity contribution in [2.45, 2.75) is 79.6 Å². The second kappa shape index (κ2) is 14.0. The molecule has 1 unspecified atom stereocenters. The molecule has 12 heteroatoms. The van der Waals surface area contributed by atoms with E-state index in [1.165, 1.54) is 10.6 Å². The van der Waals surface area contributed by atoms with Gasteiger partial charge in [-0.1, -0.05) is 41.5 Å². The highest BCUT2D eigenvalue weighted by Gasteiger charge is 2.41. The number of alkyl halides is 3. The zero-order valence-corrected chi connectivity index (χ0v) is 22.5. The first kappa shape index (κ1) is 31.9. The number of carbonyl (C=O) groups is 3. The summed E-state index contributed by atoms with van der Waals surface area (Å²) in [5.74, 6) is -1.45. The van der Waals surface area contributed by atoms with Gasteiger partial charge in [-0.3, -0.25) is 19.1 Å². The van der Waals surface area contributed by atoms with Crippen molar-refractivity contribution in [2.24, 2.45) is 17.3 Å². The molecule has 0 bridgehead atoms. The van der Waals surface area contributed by atoms with Crippen molar-refractivity contribution in [3.8, 4) is 6.07 Å². The van der Waals surface area contributed by atoms with Crippen LogP contribution in [0.25, 0.3) is 0 Å². The molecule has 208 valence electrons. The number of likely N-dealkylation sites (tertiary alicyclic amines) is 1. The maximum absolute atomic E-state index is 11.9. The molecule has 2 N–H and O–H groups in total. The van der Waals surface area contributed by atoms with Gasteiger partial charge in [0.15, 0.2) is 0 Å². The van der Waals surface area contributed by atoms with Crippen LogP contribution in [0.1, 0.15) is 59.2 Å². The molecule has 2 aliphatic heterocycles. The second-order valence-electron chi connectivity index (χ2n) is 10.7. The molecule has 2 atom stereocenters. The number of nitrogens with one attached hydrogen (secondary N) is 2. The highest BCUT2D eigenvalue weighted by Crippen LogP contribution is 2.34. The lowest BCUT2D eigenvalue weighted by Crippen LogP contribution is -2.44. The molecule has 1 aromatic rings. The van der Waals surface area contributed by atoms with Gasteiger partial charge in [-0.25, -0.2) is 0 Å². The fourth-order valence-corrected chi connectivity index (χ4v) is 3.79. The van der Waals surface area contributed by atoms with Crippen molar-refractivity contribution in [2.75, 3.05) is 19.6 Å². The molecular weight excluding hydrogens is 489 g/mol. The van der Waals surface area contributed by atoms with Gasteiger partial charge in [0.1, 0.15) is 6.04 Å². The van der Waals surface area contributed by atoms with Crippen molar-refractivity contribution in [1.82, 2.24) is 25.3 Å². The number of amides is 3. The van der Waals surface area contributed by atoms with E-state index in [4.69, 9.17) is 5.26 Å². The van der Waals surface area contributed by atoms with Crippen molar-refractivity contribution >= 4 is 18.2 Å². The van der Waals surface area contributed by atoms with E-state index in [0.29, 0.717) is 25.9 Å². The molecule has 0 aliphatic carbocycles. The van der Waals surface area contributed by atoms with Gasteiger partial charge in [-0.05, 0) is 35.7 Å². The molecule has 3 heterocycles. The van der Waals surface area contributed by atoms with Crippen molar-refractivity contribution in [1.29, 1.82) is 5.26 Å². The van der Waals surface area contributed by atoms with Crippen LogP contribution in [-0.4, -0.2) is 64.8 Å². The zero-order valence-electron chi connectivity index (χ0n) is 22.5. The third kappa shape index (κ3) is 10.4. The van der Waals surface area contributed by atoms with Gasteiger partial charge in [0, 0.05) is 31.7 Å². The van der Waals surface area contributed by atoms with Crippen LogP contribution < -0.4 is 10.6 Å². The minimum absolute atomic E-state index is 0.0519. The molecule has 0 spiro atoms. The predicted molar refractivity (Wildman–Crippen MR) is 132 cm³/mol. The van der Waals surface area contributed by atoms with E-state index >= 15 is 0 Å². The third-order valence-electron chi connectivity index (χ3n) is 6.10. The summed E-state index contributed by atoms with van der Waals surface area (Å²) in [4.78, 5) is 34.0. The average molecular weight is 529 g/mol. The highest BCUT2D eigenvalue weighted by atomic mass is 19.4. The van der Waals surface area contributed by atoms with Crippen LogP contribution in [0.4, 0.5) is 13.2 Å². The van der Waals surface area contributed by atoms with E-state index in [1.54, 1.807) is 11.5 Å². The number of hydrogen-bond donors (Lipinski definition) is 2. The molecule has 3 amide bonds. The lowest BCUT2D eigenvalue weighted by Gasteiger charge is -2.22. The molecule has 37 heavy (non-hydrogen) atoms. The smallest absolute Gasteiger partial charge is 0.343 e. The summed E-state index contributed by atoms with van der Waals surface area (Å²) in [7, 11) is 0. The third-order valence-corrected chi connectivity index (χ3v) is 6.10. The van der Waals surface area contributed by atoms with Gasteiger partial charge in [0.2, 0.25) is 12.3 Å². The molecule has 0 aromatic carbocycles. The van der Waals surface area contributed by atoms with Crippen LogP contribution in [0.2, 0.25) is 0 Å². The number of rotatable bonds is 6. The van der Waals surface area contributed by atoms with E-state index in [0.717, 1.165) is 30.9 Å². The number of hydrogen-bond acceptors (Lipinski definition) is 5. The van der Waals surface area contributed by atoms with Crippen LogP contribution in [0.3, 0.4) is 0 Å². The summed E-state index contributed by atoms with van der Waals surface area (Å²) >= 11 is 0. The van der Waals surface area contributed by atoms with E-state index in [2.05, 4.69) is 37.3 Å². The van der Waals surface area contributed by atoms with Crippen molar-refractivity contribution in [3.63, 3.8) is 0 Å². The molecule has 0 saturated carbocycles. The first-order chi connectivity index (χ1) is 17.1. The summed E-state index contributed by atoms with van der Waals surface area (Å²) in [5.41, 5.74) is 2.24. The van der Waals surface area contributed by atoms with Gasteiger partial charge in [0.05, 0.1) is 18.8 Å². The average Bonchev–Trinajstić information content (AvgIpc) is 3.47. The van der Waals surface area contributed by atoms with E-state index in [1.807, 2.05) is 25.5 Å². The molecule has 1 saturated heterocycles. The lowest BCUT2D eigenvalue weighted by atomic mass is 9.84. The quantitative estimate of drug-likeness (QED) is 0.550. The Bertz CT molecular complexity index is 950. The predicted octanol–water partition coefficient (Wildman–Crippen LogP) is 2.84. The van der Waals surface area contributed by atoms with Gasteiger partial charge < -0.3 is 15.5 Å². The standard InChI is InChI=1S/C11H17F3N2O2.C10H12N4O.C4H10/c1-7-5-16(6-10(7,2)3)8(17)4-15-9(18)11(12,13)14;11-5-9(12-7-15)4-8-6-13-14-3-1-2-10(8)14;1-4(2)3/h7H,4-6H2,1-3H3,(H,15,18);6-7,9H,1-4H2,(H,12,15);4H,1-3H3/t7-;;/m0../s1. The molecular formula is C25H39F3N6O3. The first-order valence-corrected chi connectivity index (χ1v) is 12.4. The maximum Gasteiger partial charge on any atom is 0.471 e. The van der Waals surface area contributed by atoms with Crippen molar-refractivity contribution in [3.05, 3.63) is 17.5 Å². The fraction of sp³-hybridized carbons (Fsp3) is 0.720. The second-order valence-corrected chi connectivity index (χ2v) is 10.7. The number of nitriles is 1. The molecule has 1 aromatic heterocycles. The van der Waals surface area contributed by atoms with Crippen LogP contribution in [0.15, 0.2) is 6.20 Å². The largest absolute Gasteiger partial charge is 0.471 e. The monoisotopic (exact) mass is 528 g/mol.